The van der Waals surface area contributed by atoms with Gasteiger partial charge in [0.05, 0.1) is 11.4 Å². The maximum Gasteiger partial charge on any atom is 0.246 e. The molecule has 0 unspecified atom stereocenters. The molecule has 0 fully saturated rings. The number of aromatic nitrogens is 3. The van der Waals surface area contributed by atoms with Crippen molar-refractivity contribution in [2.75, 3.05) is 4.90 Å². The molecule has 0 aliphatic carbocycles. The Bertz CT molecular complexity index is 569. The molecule has 1 aliphatic rings. The number of nitrogens with zero attached hydrogens (tertiary/aromatic N) is 4. The van der Waals surface area contributed by atoms with Crippen molar-refractivity contribution in [1.82, 2.24) is 15.2 Å². The summed E-state index contributed by atoms with van der Waals surface area (Å²) in [5.41, 5.74) is 4.82. The van der Waals surface area contributed by atoms with Gasteiger partial charge in [0.1, 0.15) is 0 Å². The minimum absolute atomic E-state index is 0.755. The molecule has 0 saturated heterocycles. The second-order valence-electron chi connectivity index (χ2n) is 4.84. The highest BCUT2D eigenvalue weighted by Gasteiger charge is 2.21. The third-order valence-corrected chi connectivity index (χ3v) is 3.62. The summed E-state index contributed by atoms with van der Waals surface area (Å²) in [6.07, 6.45) is 1.80. The maximum atomic E-state index is 4.68. The molecule has 0 bridgehead atoms. The predicted molar refractivity (Wildman–Crippen MR) is 74.9 cm³/mol. The summed E-state index contributed by atoms with van der Waals surface area (Å²) in [6, 6.07) is 8.51. The lowest BCUT2D eigenvalue weighted by atomic mass is 10.1. The predicted octanol–water partition coefficient (Wildman–Crippen LogP) is 2.52. The van der Waals surface area contributed by atoms with Crippen LogP contribution in [0.3, 0.4) is 0 Å². The van der Waals surface area contributed by atoms with Crippen LogP contribution < -0.4 is 4.90 Å². The second-order valence-corrected chi connectivity index (χ2v) is 4.84. The first kappa shape index (κ1) is 12.1. The van der Waals surface area contributed by atoms with Crippen molar-refractivity contribution < 1.29 is 0 Å². The normalized spacial score (nSPS) is 13.7. The molecule has 1 aromatic heterocycles. The lowest BCUT2D eigenvalue weighted by Crippen LogP contribution is -2.19. The molecular formula is C15H18N4. The number of benzene rings is 1. The lowest BCUT2D eigenvalue weighted by molar-refractivity contribution is 0.754. The fraction of sp³-hybridized carbons (Fsp3) is 0.400. The highest BCUT2D eigenvalue weighted by atomic mass is 15.3. The zero-order chi connectivity index (χ0) is 13.2. The van der Waals surface area contributed by atoms with Crippen LogP contribution in [0.15, 0.2) is 24.3 Å². The van der Waals surface area contributed by atoms with Gasteiger partial charge in [0.15, 0.2) is 0 Å². The summed E-state index contributed by atoms with van der Waals surface area (Å²) >= 11 is 0. The molecule has 1 aliphatic heterocycles. The lowest BCUT2D eigenvalue weighted by Gasteiger charge is -2.15. The van der Waals surface area contributed by atoms with E-state index in [1.165, 1.54) is 11.1 Å². The van der Waals surface area contributed by atoms with E-state index in [1.807, 2.05) is 0 Å². The number of hydrogen-bond donors (Lipinski definition) is 0. The van der Waals surface area contributed by atoms with Gasteiger partial charge in [-0.3, -0.25) is 0 Å². The van der Waals surface area contributed by atoms with Gasteiger partial charge < -0.3 is 4.90 Å². The van der Waals surface area contributed by atoms with E-state index in [1.54, 1.807) is 0 Å². The summed E-state index contributed by atoms with van der Waals surface area (Å²) < 4.78 is 0. The van der Waals surface area contributed by atoms with E-state index in [-0.39, 0.29) is 0 Å². The van der Waals surface area contributed by atoms with Crippen molar-refractivity contribution in [3.05, 3.63) is 46.8 Å². The fourth-order valence-corrected chi connectivity index (χ4v) is 2.54. The molecule has 0 N–H and O–H groups in total. The molecule has 3 rings (SSSR count). The third kappa shape index (κ3) is 2.18. The first-order chi connectivity index (χ1) is 9.31. The first-order valence-corrected chi connectivity index (χ1v) is 6.86. The molecule has 0 spiro atoms. The van der Waals surface area contributed by atoms with Gasteiger partial charge in [-0.1, -0.05) is 38.1 Å². The molecular weight excluding hydrogens is 236 g/mol. The first-order valence-electron chi connectivity index (χ1n) is 6.86. The standard InChI is InChI=1S/C15H18N4/c1-3-13-14(4-2)17-18-15(16-13)19-9-11-7-5-6-8-12(11)10-19/h5-8H,3-4,9-10H2,1-2H3. The summed E-state index contributed by atoms with van der Waals surface area (Å²) in [5.74, 6) is 0.755. The molecule has 98 valence electrons. The number of aryl methyl sites for hydroxylation is 2. The van der Waals surface area contributed by atoms with Crippen LogP contribution in [0.1, 0.15) is 36.4 Å². The molecule has 0 radical (unpaired) electrons. The Balaban J connectivity index is 1.89. The van der Waals surface area contributed by atoms with Gasteiger partial charge in [0.2, 0.25) is 5.95 Å². The second kappa shape index (κ2) is 4.96. The highest BCUT2D eigenvalue weighted by molar-refractivity contribution is 5.43. The van der Waals surface area contributed by atoms with Crippen molar-refractivity contribution in [1.29, 1.82) is 0 Å². The van der Waals surface area contributed by atoms with Gasteiger partial charge >= 0.3 is 0 Å². The molecule has 0 saturated carbocycles. The van der Waals surface area contributed by atoms with Crippen LogP contribution in [0.2, 0.25) is 0 Å². The third-order valence-electron chi connectivity index (χ3n) is 3.62. The van der Waals surface area contributed by atoms with E-state index < -0.39 is 0 Å². The molecule has 1 aromatic carbocycles. The quantitative estimate of drug-likeness (QED) is 0.844. The van der Waals surface area contributed by atoms with Crippen LogP contribution in [0.4, 0.5) is 5.95 Å². The van der Waals surface area contributed by atoms with Gasteiger partial charge in [-0.15, -0.1) is 5.10 Å². The molecule has 19 heavy (non-hydrogen) atoms. The van der Waals surface area contributed by atoms with E-state index in [4.69, 9.17) is 0 Å². The van der Waals surface area contributed by atoms with Crippen molar-refractivity contribution in [3.63, 3.8) is 0 Å². The zero-order valence-corrected chi connectivity index (χ0v) is 11.4. The Morgan fingerprint density at radius 2 is 1.58 bits per heavy atom. The SMILES string of the molecule is CCc1nnc(N2Cc3ccccc3C2)nc1CC. The van der Waals surface area contributed by atoms with Crippen LogP contribution in [0, 0.1) is 0 Å². The van der Waals surface area contributed by atoms with Gasteiger partial charge in [-0.2, -0.15) is 5.10 Å². The summed E-state index contributed by atoms with van der Waals surface area (Å²) in [4.78, 5) is 6.87. The zero-order valence-electron chi connectivity index (χ0n) is 11.4. The van der Waals surface area contributed by atoms with E-state index in [0.29, 0.717) is 0 Å². The number of hydrogen-bond acceptors (Lipinski definition) is 4. The number of anilines is 1. The van der Waals surface area contributed by atoms with Crippen molar-refractivity contribution in [2.24, 2.45) is 0 Å². The molecule has 2 heterocycles. The fourth-order valence-electron chi connectivity index (χ4n) is 2.54. The average Bonchev–Trinajstić information content (AvgIpc) is 2.90. The monoisotopic (exact) mass is 254 g/mol. The largest absolute Gasteiger partial charge is 0.331 e. The van der Waals surface area contributed by atoms with Crippen LogP contribution >= 0.6 is 0 Å². The number of fused-ring (bicyclic) bond motifs is 1. The van der Waals surface area contributed by atoms with E-state index in [9.17, 15) is 0 Å². The van der Waals surface area contributed by atoms with Crippen LogP contribution in [-0.4, -0.2) is 15.2 Å². The van der Waals surface area contributed by atoms with Crippen LogP contribution in [0.25, 0.3) is 0 Å². The summed E-state index contributed by atoms with van der Waals surface area (Å²) in [6.45, 7) is 5.97. The minimum Gasteiger partial charge on any atom is -0.331 e. The van der Waals surface area contributed by atoms with E-state index in [2.05, 4.69) is 58.2 Å². The molecule has 4 heteroatoms. The van der Waals surface area contributed by atoms with Gasteiger partial charge in [-0.05, 0) is 24.0 Å². The van der Waals surface area contributed by atoms with E-state index in [0.717, 1.165) is 43.3 Å². The Kier molecular flexibility index (Phi) is 3.15. The van der Waals surface area contributed by atoms with Gasteiger partial charge in [-0.25, -0.2) is 4.98 Å². The smallest absolute Gasteiger partial charge is 0.246 e. The van der Waals surface area contributed by atoms with Gasteiger partial charge in [0.25, 0.3) is 0 Å². The topological polar surface area (TPSA) is 41.9 Å². The van der Waals surface area contributed by atoms with Crippen LogP contribution in [-0.2, 0) is 25.9 Å². The average molecular weight is 254 g/mol. The summed E-state index contributed by atoms with van der Waals surface area (Å²) in [5, 5.41) is 8.61. The summed E-state index contributed by atoms with van der Waals surface area (Å²) in [7, 11) is 0. The van der Waals surface area contributed by atoms with Crippen LogP contribution in [0.5, 0.6) is 0 Å². The Labute approximate surface area is 113 Å². The van der Waals surface area contributed by atoms with Crippen molar-refractivity contribution in [2.45, 2.75) is 39.8 Å². The van der Waals surface area contributed by atoms with Crippen molar-refractivity contribution in [3.8, 4) is 0 Å². The highest BCUT2D eigenvalue weighted by Crippen LogP contribution is 2.25. The Hall–Kier alpha value is -1.97. The molecule has 2 aromatic rings. The molecule has 0 atom stereocenters. The molecule has 0 amide bonds. The molecule has 4 nitrogen and oxygen atoms in total. The minimum atomic E-state index is 0.755. The van der Waals surface area contributed by atoms with Crippen molar-refractivity contribution >= 4 is 5.95 Å². The number of rotatable bonds is 3. The maximum absolute atomic E-state index is 4.68. The Morgan fingerprint density at radius 3 is 2.16 bits per heavy atom. The van der Waals surface area contributed by atoms with Gasteiger partial charge in [0, 0.05) is 13.1 Å². The Morgan fingerprint density at radius 1 is 0.947 bits per heavy atom. The van der Waals surface area contributed by atoms with E-state index >= 15 is 0 Å².